The molecule has 0 aromatic heterocycles. The van der Waals surface area contributed by atoms with Crippen molar-refractivity contribution in [2.45, 2.75) is 37.6 Å². The summed E-state index contributed by atoms with van der Waals surface area (Å²) in [5, 5.41) is 0. The predicted octanol–water partition coefficient (Wildman–Crippen LogP) is 2.71. The highest BCUT2D eigenvalue weighted by atomic mass is 32.2. The van der Waals surface area contributed by atoms with Gasteiger partial charge < -0.3 is 0 Å². The first kappa shape index (κ1) is 17.8. The summed E-state index contributed by atoms with van der Waals surface area (Å²) >= 11 is 0. The molecule has 0 saturated carbocycles. The maximum absolute atomic E-state index is 13.3. The summed E-state index contributed by atoms with van der Waals surface area (Å²) in [5.74, 6) is -0.759. The third-order valence-electron chi connectivity index (χ3n) is 5.06. The van der Waals surface area contributed by atoms with Gasteiger partial charge in [-0.05, 0) is 37.4 Å². The molecular formula is C17H24F2N2O2S. The van der Waals surface area contributed by atoms with E-state index in [0.717, 1.165) is 38.1 Å². The van der Waals surface area contributed by atoms with Gasteiger partial charge in [-0.1, -0.05) is 13.8 Å². The van der Waals surface area contributed by atoms with E-state index in [0.29, 0.717) is 37.0 Å². The molecule has 2 aliphatic rings. The zero-order valence-electron chi connectivity index (χ0n) is 14.1. The van der Waals surface area contributed by atoms with Crippen molar-refractivity contribution in [1.29, 1.82) is 0 Å². The lowest BCUT2D eigenvalue weighted by Crippen LogP contribution is -2.64. The molecule has 1 aromatic rings. The van der Waals surface area contributed by atoms with Crippen LogP contribution in [0.1, 0.15) is 26.7 Å². The lowest BCUT2D eigenvalue weighted by molar-refractivity contribution is -0.0266. The molecular weight excluding hydrogens is 334 g/mol. The molecule has 2 aliphatic heterocycles. The average molecular weight is 358 g/mol. The number of piperidine rings is 1. The van der Waals surface area contributed by atoms with Crippen molar-refractivity contribution in [2.24, 2.45) is 11.8 Å². The molecule has 0 radical (unpaired) electrons. The second-order valence-corrected chi connectivity index (χ2v) is 9.20. The average Bonchev–Trinajstić information content (AvgIpc) is 2.46. The third-order valence-corrected chi connectivity index (χ3v) is 6.91. The zero-order valence-corrected chi connectivity index (χ0v) is 14.9. The van der Waals surface area contributed by atoms with E-state index in [1.165, 1.54) is 4.31 Å². The number of sulfonamides is 1. The fourth-order valence-electron chi connectivity index (χ4n) is 3.67. The molecule has 0 aliphatic carbocycles. The monoisotopic (exact) mass is 358 g/mol. The van der Waals surface area contributed by atoms with E-state index in [-0.39, 0.29) is 4.90 Å². The minimum absolute atomic E-state index is 0.297. The van der Waals surface area contributed by atoms with Gasteiger partial charge in [0.2, 0.25) is 10.0 Å². The summed E-state index contributed by atoms with van der Waals surface area (Å²) in [6.07, 6.45) is 1.92. The number of hydrogen-bond donors (Lipinski definition) is 0. The Morgan fingerprint density at radius 2 is 1.83 bits per heavy atom. The van der Waals surface area contributed by atoms with Crippen LogP contribution in [0.15, 0.2) is 23.1 Å². The molecule has 3 rings (SSSR count). The van der Waals surface area contributed by atoms with E-state index in [9.17, 15) is 17.2 Å². The number of likely N-dealkylation sites (tertiary alicyclic amines) is 1. The Labute approximate surface area is 142 Å². The van der Waals surface area contributed by atoms with Crippen molar-refractivity contribution in [3.8, 4) is 0 Å². The minimum Gasteiger partial charge on any atom is -0.300 e. The van der Waals surface area contributed by atoms with Gasteiger partial charge >= 0.3 is 0 Å². The van der Waals surface area contributed by atoms with E-state index in [4.69, 9.17) is 0 Å². The van der Waals surface area contributed by atoms with Crippen molar-refractivity contribution in [3.05, 3.63) is 29.8 Å². The van der Waals surface area contributed by atoms with Crippen LogP contribution in [0.25, 0.3) is 0 Å². The van der Waals surface area contributed by atoms with Crippen LogP contribution in [0, 0.1) is 23.5 Å². The van der Waals surface area contributed by atoms with E-state index in [2.05, 4.69) is 18.7 Å². The molecule has 2 heterocycles. The molecule has 2 atom stereocenters. The topological polar surface area (TPSA) is 40.6 Å². The van der Waals surface area contributed by atoms with Crippen molar-refractivity contribution in [2.75, 3.05) is 26.2 Å². The molecule has 0 bridgehead atoms. The fraction of sp³-hybridized carbons (Fsp3) is 0.647. The maximum Gasteiger partial charge on any atom is 0.243 e. The van der Waals surface area contributed by atoms with Crippen LogP contribution in [0.4, 0.5) is 8.78 Å². The second kappa shape index (κ2) is 6.69. The van der Waals surface area contributed by atoms with Gasteiger partial charge in [0.25, 0.3) is 0 Å². The van der Waals surface area contributed by atoms with Crippen LogP contribution in [-0.4, -0.2) is 49.8 Å². The summed E-state index contributed by atoms with van der Waals surface area (Å²) in [6.45, 7) is 7.19. The van der Waals surface area contributed by atoms with E-state index in [1.54, 1.807) is 0 Å². The van der Waals surface area contributed by atoms with Crippen molar-refractivity contribution in [3.63, 3.8) is 0 Å². The molecule has 1 aromatic carbocycles. The number of rotatable bonds is 5. The highest BCUT2D eigenvalue weighted by molar-refractivity contribution is 7.89. The molecule has 7 heteroatoms. The molecule has 0 amide bonds. The molecule has 134 valence electrons. The van der Waals surface area contributed by atoms with Crippen molar-refractivity contribution in [1.82, 2.24) is 9.21 Å². The number of fused-ring (bicyclic) bond motifs is 1. The second-order valence-electron chi connectivity index (χ2n) is 7.26. The Balaban J connectivity index is 1.66. The summed E-state index contributed by atoms with van der Waals surface area (Å²) in [5.41, 5.74) is 0. The predicted molar refractivity (Wildman–Crippen MR) is 88.0 cm³/mol. The zero-order chi connectivity index (χ0) is 17.5. The van der Waals surface area contributed by atoms with E-state index in [1.807, 2.05) is 0 Å². The SMILES string of the molecule is CC(C)CCN1CC2CN(S(=O)(=O)c3cc(F)cc(F)c3)CCC21. The number of halogens is 2. The molecule has 2 fully saturated rings. The van der Waals surface area contributed by atoms with Crippen LogP contribution in [-0.2, 0) is 10.0 Å². The largest absolute Gasteiger partial charge is 0.300 e. The van der Waals surface area contributed by atoms with Gasteiger partial charge in [-0.15, -0.1) is 0 Å². The first-order chi connectivity index (χ1) is 11.3. The third kappa shape index (κ3) is 3.48. The van der Waals surface area contributed by atoms with Crippen molar-refractivity contribution >= 4 is 10.0 Å². The number of hydrogen-bond acceptors (Lipinski definition) is 3. The summed E-state index contributed by atoms with van der Waals surface area (Å²) in [6, 6.07) is 2.91. The lowest BCUT2D eigenvalue weighted by Gasteiger charge is -2.53. The van der Waals surface area contributed by atoms with Crippen LogP contribution >= 0.6 is 0 Å². The molecule has 2 unspecified atom stereocenters. The minimum atomic E-state index is -3.84. The van der Waals surface area contributed by atoms with Crippen LogP contribution < -0.4 is 0 Å². The molecule has 2 saturated heterocycles. The standard InChI is InChI=1S/C17H24F2N2O2S/c1-12(2)3-5-20-10-13-11-21(6-4-17(13)20)24(22,23)16-8-14(18)7-15(19)9-16/h7-9,12-13,17H,3-6,10-11H2,1-2H3. The highest BCUT2D eigenvalue weighted by Gasteiger charge is 2.44. The van der Waals surface area contributed by atoms with Gasteiger partial charge in [-0.3, -0.25) is 4.90 Å². The lowest BCUT2D eigenvalue weighted by atomic mass is 9.83. The normalized spacial score (nSPS) is 25.5. The molecule has 0 N–H and O–H groups in total. The van der Waals surface area contributed by atoms with Gasteiger partial charge in [0.05, 0.1) is 4.90 Å². The summed E-state index contributed by atoms with van der Waals surface area (Å²) in [7, 11) is -3.84. The van der Waals surface area contributed by atoms with E-state index < -0.39 is 21.7 Å². The van der Waals surface area contributed by atoms with Gasteiger partial charge in [0.15, 0.2) is 0 Å². The molecule has 24 heavy (non-hydrogen) atoms. The maximum atomic E-state index is 13.3. The summed E-state index contributed by atoms with van der Waals surface area (Å²) in [4.78, 5) is 2.13. The smallest absolute Gasteiger partial charge is 0.243 e. The van der Waals surface area contributed by atoms with Crippen LogP contribution in [0.5, 0.6) is 0 Å². The van der Waals surface area contributed by atoms with Gasteiger partial charge in [0.1, 0.15) is 11.6 Å². The van der Waals surface area contributed by atoms with Crippen LogP contribution in [0.3, 0.4) is 0 Å². The Hall–Kier alpha value is -1.05. The Kier molecular flexibility index (Phi) is 4.95. The summed E-state index contributed by atoms with van der Waals surface area (Å²) < 4.78 is 53.4. The Bertz CT molecular complexity index is 688. The van der Waals surface area contributed by atoms with Crippen LogP contribution in [0.2, 0.25) is 0 Å². The molecule has 4 nitrogen and oxygen atoms in total. The fourth-order valence-corrected chi connectivity index (χ4v) is 5.23. The number of nitrogens with zero attached hydrogens (tertiary/aromatic N) is 2. The quantitative estimate of drug-likeness (QED) is 0.813. The number of benzene rings is 1. The molecule has 0 spiro atoms. The van der Waals surface area contributed by atoms with E-state index >= 15 is 0 Å². The van der Waals surface area contributed by atoms with Gasteiger partial charge in [0, 0.05) is 37.7 Å². The Morgan fingerprint density at radius 1 is 1.17 bits per heavy atom. The highest BCUT2D eigenvalue weighted by Crippen LogP contribution is 2.35. The first-order valence-corrected chi connectivity index (χ1v) is 9.91. The van der Waals surface area contributed by atoms with Gasteiger partial charge in [-0.25, -0.2) is 17.2 Å². The van der Waals surface area contributed by atoms with Crippen molar-refractivity contribution < 1.29 is 17.2 Å². The Morgan fingerprint density at radius 3 is 2.42 bits per heavy atom. The van der Waals surface area contributed by atoms with Gasteiger partial charge in [-0.2, -0.15) is 4.31 Å². The first-order valence-electron chi connectivity index (χ1n) is 8.47.